The fraction of sp³-hybridized carbons (Fsp3) is 0.471. The molecule has 0 bridgehead atoms. The van der Waals surface area contributed by atoms with Gasteiger partial charge in [0.25, 0.3) is 0 Å². The molecule has 1 fully saturated rings. The molecular weight excluding hydrogens is 376 g/mol. The number of rotatable bonds is 6. The maximum absolute atomic E-state index is 12.6. The highest BCUT2D eigenvalue weighted by atomic mass is 35.5. The molecular formula is C17H23ClN4O3S. The molecule has 2 heterocycles. The first-order valence-electron chi connectivity index (χ1n) is 8.45. The number of nitrogens with one attached hydrogen (secondary N) is 1. The molecule has 0 unspecified atom stereocenters. The molecule has 142 valence electrons. The standard InChI is InChI=1S/C17H23ClN4O3S/c1-13-16(17(18)21(2)20-13)12-19-11-14-3-5-15(6-4-14)26(23,24)22-7-9-25-10-8-22/h3-6,19H,7-12H2,1-2H3. The van der Waals surface area contributed by atoms with Crippen molar-refractivity contribution in [2.75, 3.05) is 26.3 Å². The van der Waals surface area contributed by atoms with E-state index in [4.69, 9.17) is 16.3 Å². The fourth-order valence-electron chi connectivity index (χ4n) is 2.92. The molecule has 0 amide bonds. The summed E-state index contributed by atoms with van der Waals surface area (Å²) in [4.78, 5) is 0.314. The van der Waals surface area contributed by atoms with E-state index >= 15 is 0 Å². The van der Waals surface area contributed by atoms with Gasteiger partial charge in [-0.25, -0.2) is 8.42 Å². The third kappa shape index (κ3) is 4.10. The Balaban J connectivity index is 1.61. The Hall–Kier alpha value is -1.45. The summed E-state index contributed by atoms with van der Waals surface area (Å²) in [6.07, 6.45) is 0. The Labute approximate surface area is 158 Å². The molecule has 0 spiro atoms. The molecule has 1 aromatic heterocycles. The number of aromatic nitrogens is 2. The van der Waals surface area contributed by atoms with Crippen molar-refractivity contribution >= 4 is 21.6 Å². The molecule has 3 rings (SSSR count). The number of nitrogens with zero attached hydrogens (tertiary/aromatic N) is 3. The summed E-state index contributed by atoms with van der Waals surface area (Å²) in [7, 11) is -1.63. The molecule has 0 atom stereocenters. The van der Waals surface area contributed by atoms with Gasteiger partial charge in [0, 0.05) is 38.8 Å². The fourth-order valence-corrected chi connectivity index (χ4v) is 4.57. The van der Waals surface area contributed by atoms with E-state index in [1.807, 2.05) is 26.1 Å². The van der Waals surface area contributed by atoms with Crippen LogP contribution in [-0.2, 0) is 34.9 Å². The van der Waals surface area contributed by atoms with E-state index in [-0.39, 0.29) is 0 Å². The first-order valence-corrected chi connectivity index (χ1v) is 10.3. The van der Waals surface area contributed by atoms with Crippen molar-refractivity contribution in [2.45, 2.75) is 24.9 Å². The molecule has 0 aliphatic carbocycles. The lowest BCUT2D eigenvalue weighted by atomic mass is 10.2. The van der Waals surface area contributed by atoms with E-state index in [0.29, 0.717) is 49.4 Å². The maximum Gasteiger partial charge on any atom is 0.243 e. The van der Waals surface area contributed by atoms with Gasteiger partial charge in [-0.3, -0.25) is 4.68 Å². The van der Waals surface area contributed by atoms with Crippen LogP contribution in [0.15, 0.2) is 29.2 Å². The maximum atomic E-state index is 12.6. The number of aryl methyl sites for hydroxylation is 2. The summed E-state index contributed by atoms with van der Waals surface area (Å²) in [6.45, 7) is 4.83. The van der Waals surface area contributed by atoms with E-state index in [0.717, 1.165) is 16.8 Å². The van der Waals surface area contributed by atoms with Gasteiger partial charge in [0.2, 0.25) is 10.0 Å². The average molecular weight is 399 g/mol. The van der Waals surface area contributed by atoms with Gasteiger partial charge in [0.15, 0.2) is 0 Å². The van der Waals surface area contributed by atoms with E-state index < -0.39 is 10.0 Å². The quantitative estimate of drug-likeness (QED) is 0.801. The third-order valence-electron chi connectivity index (χ3n) is 4.43. The number of ether oxygens (including phenoxy) is 1. The topological polar surface area (TPSA) is 76.5 Å². The normalized spacial score (nSPS) is 16.1. The zero-order valence-electron chi connectivity index (χ0n) is 14.9. The van der Waals surface area contributed by atoms with Crippen molar-refractivity contribution in [1.29, 1.82) is 0 Å². The number of hydrogen-bond donors (Lipinski definition) is 1. The summed E-state index contributed by atoms with van der Waals surface area (Å²) in [6, 6.07) is 6.98. The van der Waals surface area contributed by atoms with Crippen molar-refractivity contribution in [3.05, 3.63) is 46.2 Å². The SMILES string of the molecule is Cc1nn(C)c(Cl)c1CNCc1ccc(S(=O)(=O)N2CCOCC2)cc1. The van der Waals surface area contributed by atoms with E-state index in [2.05, 4.69) is 10.4 Å². The van der Waals surface area contributed by atoms with Crippen molar-refractivity contribution in [3.63, 3.8) is 0 Å². The first kappa shape index (κ1) is 19.3. The monoisotopic (exact) mass is 398 g/mol. The van der Waals surface area contributed by atoms with Crippen LogP contribution < -0.4 is 5.32 Å². The predicted octanol–water partition coefficient (Wildman–Crippen LogP) is 1.69. The largest absolute Gasteiger partial charge is 0.379 e. The molecule has 1 aromatic carbocycles. The van der Waals surface area contributed by atoms with Crippen LogP contribution >= 0.6 is 11.6 Å². The van der Waals surface area contributed by atoms with Crippen LogP contribution in [0, 0.1) is 6.92 Å². The number of sulfonamides is 1. The van der Waals surface area contributed by atoms with Crippen LogP contribution in [-0.4, -0.2) is 48.8 Å². The molecule has 0 saturated carbocycles. The minimum atomic E-state index is -3.45. The second-order valence-corrected chi connectivity index (χ2v) is 8.54. The van der Waals surface area contributed by atoms with Gasteiger partial charge in [-0.1, -0.05) is 23.7 Å². The third-order valence-corrected chi connectivity index (χ3v) is 6.82. The number of hydrogen-bond acceptors (Lipinski definition) is 5. The lowest BCUT2D eigenvalue weighted by molar-refractivity contribution is 0.0730. The van der Waals surface area contributed by atoms with E-state index in [9.17, 15) is 8.42 Å². The molecule has 2 aromatic rings. The summed E-state index contributed by atoms with van der Waals surface area (Å²) < 4.78 is 33.6. The molecule has 7 nitrogen and oxygen atoms in total. The van der Waals surface area contributed by atoms with Crippen LogP contribution in [0.5, 0.6) is 0 Å². The van der Waals surface area contributed by atoms with E-state index in [1.165, 1.54) is 4.31 Å². The highest BCUT2D eigenvalue weighted by Crippen LogP contribution is 2.19. The molecule has 9 heteroatoms. The number of halogens is 1. The molecule has 1 aliphatic heterocycles. The average Bonchev–Trinajstić information content (AvgIpc) is 2.89. The summed E-state index contributed by atoms with van der Waals surface area (Å²) in [5.74, 6) is 0. The molecule has 0 radical (unpaired) electrons. The Kier molecular flexibility index (Phi) is 5.99. The zero-order chi connectivity index (χ0) is 18.7. The Morgan fingerprint density at radius 1 is 1.19 bits per heavy atom. The van der Waals surface area contributed by atoms with Crippen LogP contribution in [0.3, 0.4) is 0 Å². The summed E-state index contributed by atoms with van der Waals surface area (Å²) in [5, 5.41) is 8.23. The number of benzene rings is 1. The minimum absolute atomic E-state index is 0.314. The Morgan fingerprint density at radius 3 is 2.42 bits per heavy atom. The van der Waals surface area contributed by atoms with Crippen molar-refractivity contribution in [3.8, 4) is 0 Å². The Morgan fingerprint density at radius 2 is 1.85 bits per heavy atom. The number of morpholine rings is 1. The van der Waals surface area contributed by atoms with Gasteiger partial charge in [0.05, 0.1) is 23.8 Å². The van der Waals surface area contributed by atoms with Gasteiger partial charge in [-0.2, -0.15) is 9.40 Å². The van der Waals surface area contributed by atoms with Crippen LogP contribution in [0.1, 0.15) is 16.8 Å². The van der Waals surface area contributed by atoms with Crippen molar-refractivity contribution in [1.82, 2.24) is 19.4 Å². The molecule has 1 aliphatic rings. The van der Waals surface area contributed by atoms with Gasteiger partial charge < -0.3 is 10.1 Å². The molecule has 26 heavy (non-hydrogen) atoms. The lowest BCUT2D eigenvalue weighted by Gasteiger charge is -2.26. The highest BCUT2D eigenvalue weighted by Gasteiger charge is 2.26. The second kappa shape index (κ2) is 8.06. The van der Waals surface area contributed by atoms with Crippen LogP contribution in [0.25, 0.3) is 0 Å². The first-order chi connectivity index (χ1) is 12.4. The molecule has 1 saturated heterocycles. The van der Waals surface area contributed by atoms with Gasteiger partial charge in [-0.05, 0) is 24.6 Å². The van der Waals surface area contributed by atoms with Gasteiger partial charge in [0.1, 0.15) is 5.15 Å². The zero-order valence-corrected chi connectivity index (χ0v) is 16.5. The smallest absolute Gasteiger partial charge is 0.243 e. The summed E-state index contributed by atoms with van der Waals surface area (Å²) >= 11 is 6.22. The molecule has 1 N–H and O–H groups in total. The van der Waals surface area contributed by atoms with Crippen LogP contribution in [0.4, 0.5) is 0 Å². The lowest BCUT2D eigenvalue weighted by Crippen LogP contribution is -2.40. The minimum Gasteiger partial charge on any atom is -0.379 e. The van der Waals surface area contributed by atoms with Gasteiger partial charge in [-0.15, -0.1) is 0 Å². The van der Waals surface area contributed by atoms with Crippen LogP contribution in [0.2, 0.25) is 5.15 Å². The van der Waals surface area contributed by atoms with Gasteiger partial charge >= 0.3 is 0 Å². The van der Waals surface area contributed by atoms with E-state index in [1.54, 1.807) is 16.8 Å². The highest BCUT2D eigenvalue weighted by molar-refractivity contribution is 7.89. The summed E-state index contributed by atoms with van der Waals surface area (Å²) in [5.41, 5.74) is 2.88. The van der Waals surface area contributed by atoms with Crippen molar-refractivity contribution < 1.29 is 13.2 Å². The Bertz CT molecular complexity index is 859. The predicted molar refractivity (Wildman–Crippen MR) is 99.5 cm³/mol. The second-order valence-electron chi connectivity index (χ2n) is 6.24. The van der Waals surface area contributed by atoms with Crippen molar-refractivity contribution in [2.24, 2.45) is 7.05 Å².